The molecule has 0 aliphatic carbocycles. The van der Waals surface area contributed by atoms with E-state index in [0.717, 1.165) is 31.7 Å². The van der Waals surface area contributed by atoms with Gasteiger partial charge in [0.05, 0.1) is 0 Å². The maximum absolute atomic E-state index is 13.2. The lowest BCUT2D eigenvalue weighted by atomic mass is 9.91. The van der Waals surface area contributed by atoms with Gasteiger partial charge in [0, 0.05) is 44.1 Å². The van der Waals surface area contributed by atoms with Crippen LogP contribution in [0.3, 0.4) is 0 Å². The van der Waals surface area contributed by atoms with Crippen LogP contribution in [0.15, 0.2) is 24.3 Å². The first-order valence-electron chi connectivity index (χ1n) is 7.32. The molecule has 0 saturated carbocycles. The number of carbonyl (C=O) groups is 1. The van der Waals surface area contributed by atoms with Crippen molar-refractivity contribution >= 4 is 5.91 Å². The fourth-order valence-electron chi connectivity index (χ4n) is 3.34. The van der Waals surface area contributed by atoms with E-state index in [1.165, 1.54) is 6.07 Å². The summed E-state index contributed by atoms with van der Waals surface area (Å²) in [5.74, 6) is 0.753. The van der Waals surface area contributed by atoms with Crippen molar-refractivity contribution < 1.29 is 9.18 Å². The Kier molecular flexibility index (Phi) is 3.50. The summed E-state index contributed by atoms with van der Waals surface area (Å²) in [6.07, 6.45) is 0. The van der Waals surface area contributed by atoms with Gasteiger partial charge in [0.2, 0.25) is 5.91 Å². The molecule has 2 aliphatic heterocycles. The number of fused-ring (bicyclic) bond motifs is 1. The van der Waals surface area contributed by atoms with Crippen LogP contribution >= 0.6 is 0 Å². The molecule has 1 amide bonds. The highest BCUT2D eigenvalue weighted by atomic mass is 19.1. The van der Waals surface area contributed by atoms with Crippen molar-refractivity contribution in [2.75, 3.05) is 19.6 Å². The average Bonchev–Trinajstić information content (AvgIpc) is 2.73. The van der Waals surface area contributed by atoms with Gasteiger partial charge in [0.25, 0.3) is 0 Å². The summed E-state index contributed by atoms with van der Waals surface area (Å²) in [4.78, 5) is 16.4. The first kappa shape index (κ1) is 13.6. The van der Waals surface area contributed by atoms with Gasteiger partial charge in [-0.25, -0.2) is 4.39 Å². The van der Waals surface area contributed by atoms with Crippen LogP contribution in [0, 0.1) is 17.7 Å². The van der Waals surface area contributed by atoms with Crippen LogP contribution in [-0.2, 0) is 11.3 Å². The SMILES string of the molecule is CC(C)C(=O)N1C[C@H]2CN(Cc3cccc(F)c3)[C@H]2C1. The van der Waals surface area contributed by atoms with Gasteiger partial charge >= 0.3 is 0 Å². The monoisotopic (exact) mass is 276 g/mol. The lowest BCUT2D eigenvalue weighted by Gasteiger charge is -2.43. The number of hydrogen-bond donors (Lipinski definition) is 0. The maximum Gasteiger partial charge on any atom is 0.225 e. The first-order chi connectivity index (χ1) is 9.54. The van der Waals surface area contributed by atoms with Gasteiger partial charge in [-0.3, -0.25) is 9.69 Å². The Morgan fingerprint density at radius 2 is 2.15 bits per heavy atom. The zero-order chi connectivity index (χ0) is 14.3. The number of benzene rings is 1. The molecule has 2 aliphatic rings. The van der Waals surface area contributed by atoms with E-state index in [0.29, 0.717) is 12.0 Å². The second kappa shape index (κ2) is 5.17. The molecule has 2 atom stereocenters. The van der Waals surface area contributed by atoms with Gasteiger partial charge in [-0.15, -0.1) is 0 Å². The van der Waals surface area contributed by atoms with Gasteiger partial charge < -0.3 is 4.90 Å². The predicted molar refractivity (Wildman–Crippen MR) is 75.5 cm³/mol. The summed E-state index contributed by atoms with van der Waals surface area (Å²) in [6, 6.07) is 7.24. The van der Waals surface area contributed by atoms with Crippen molar-refractivity contribution in [3.8, 4) is 0 Å². The second-order valence-electron chi connectivity index (χ2n) is 6.28. The van der Waals surface area contributed by atoms with Crippen LogP contribution in [0.5, 0.6) is 0 Å². The topological polar surface area (TPSA) is 23.6 Å². The Morgan fingerprint density at radius 1 is 1.35 bits per heavy atom. The molecule has 0 bridgehead atoms. The van der Waals surface area contributed by atoms with Crippen molar-refractivity contribution in [1.29, 1.82) is 0 Å². The molecule has 0 N–H and O–H groups in total. The number of nitrogens with zero attached hydrogens (tertiary/aromatic N) is 2. The average molecular weight is 276 g/mol. The van der Waals surface area contributed by atoms with Gasteiger partial charge in [-0.2, -0.15) is 0 Å². The Balaban J connectivity index is 1.60. The summed E-state index contributed by atoms with van der Waals surface area (Å²) in [5, 5.41) is 0. The third kappa shape index (κ3) is 2.44. The fraction of sp³-hybridized carbons (Fsp3) is 0.562. The highest BCUT2D eigenvalue weighted by Gasteiger charge is 2.46. The number of likely N-dealkylation sites (tertiary alicyclic amines) is 2. The highest BCUT2D eigenvalue weighted by Crippen LogP contribution is 2.34. The molecule has 1 aromatic rings. The van der Waals surface area contributed by atoms with E-state index in [9.17, 15) is 9.18 Å². The molecule has 0 unspecified atom stereocenters. The van der Waals surface area contributed by atoms with E-state index < -0.39 is 0 Å². The number of carbonyl (C=O) groups excluding carboxylic acids is 1. The number of rotatable bonds is 3. The molecule has 2 saturated heterocycles. The van der Waals surface area contributed by atoms with Crippen LogP contribution in [0.1, 0.15) is 19.4 Å². The van der Waals surface area contributed by atoms with E-state index >= 15 is 0 Å². The smallest absolute Gasteiger partial charge is 0.225 e. The van der Waals surface area contributed by atoms with E-state index in [1.54, 1.807) is 12.1 Å². The Hall–Kier alpha value is -1.42. The van der Waals surface area contributed by atoms with Gasteiger partial charge in [0.15, 0.2) is 0 Å². The maximum atomic E-state index is 13.2. The molecule has 0 aromatic heterocycles. The minimum atomic E-state index is -0.178. The summed E-state index contributed by atoms with van der Waals surface area (Å²) < 4.78 is 13.2. The van der Waals surface area contributed by atoms with E-state index in [2.05, 4.69) is 4.90 Å². The standard InChI is InChI=1S/C16H21FN2O/c1-11(2)16(20)19-9-13-8-18(15(13)10-19)7-12-4-3-5-14(17)6-12/h3-6,11,13,15H,7-10H2,1-2H3/t13-,15+/m1/s1. The Bertz CT molecular complexity index is 517. The molecule has 2 heterocycles. The zero-order valence-electron chi connectivity index (χ0n) is 12.1. The summed E-state index contributed by atoms with van der Waals surface area (Å²) in [5.41, 5.74) is 1.01. The van der Waals surface area contributed by atoms with Crippen LogP contribution in [0.2, 0.25) is 0 Å². The molecule has 20 heavy (non-hydrogen) atoms. The van der Waals surface area contributed by atoms with Crippen LogP contribution < -0.4 is 0 Å². The summed E-state index contributed by atoms with van der Waals surface area (Å²) in [7, 11) is 0. The lowest BCUT2D eigenvalue weighted by molar-refractivity contribution is -0.133. The molecule has 3 nitrogen and oxygen atoms in total. The van der Waals surface area contributed by atoms with Gasteiger partial charge in [-0.05, 0) is 17.7 Å². The van der Waals surface area contributed by atoms with Crippen LogP contribution in [-0.4, -0.2) is 41.4 Å². The molecule has 0 radical (unpaired) electrons. The largest absolute Gasteiger partial charge is 0.341 e. The minimum Gasteiger partial charge on any atom is -0.341 e. The fourth-order valence-corrected chi connectivity index (χ4v) is 3.34. The zero-order valence-corrected chi connectivity index (χ0v) is 12.1. The minimum absolute atomic E-state index is 0.0733. The molecule has 0 spiro atoms. The number of amides is 1. The summed E-state index contributed by atoms with van der Waals surface area (Å²) >= 11 is 0. The molecular formula is C16H21FN2O. The summed E-state index contributed by atoms with van der Waals surface area (Å²) in [6.45, 7) is 7.42. The van der Waals surface area contributed by atoms with Gasteiger partial charge in [0.1, 0.15) is 5.82 Å². The normalized spacial score (nSPS) is 25.7. The second-order valence-corrected chi connectivity index (χ2v) is 6.28. The molecular weight excluding hydrogens is 255 g/mol. The van der Waals surface area contributed by atoms with Crippen LogP contribution in [0.25, 0.3) is 0 Å². The van der Waals surface area contributed by atoms with E-state index in [-0.39, 0.29) is 17.6 Å². The lowest BCUT2D eigenvalue weighted by Crippen LogP contribution is -2.54. The van der Waals surface area contributed by atoms with Crippen molar-refractivity contribution in [3.05, 3.63) is 35.6 Å². The van der Waals surface area contributed by atoms with Crippen molar-refractivity contribution in [2.24, 2.45) is 11.8 Å². The Labute approximate surface area is 119 Å². The molecule has 4 heteroatoms. The Morgan fingerprint density at radius 3 is 2.85 bits per heavy atom. The molecule has 2 fully saturated rings. The van der Waals surface area contributed by atoms with E-state index in [4.69, 9.17) is 0 Å². The molecule has 108 valence electrons. The molecule has 3 rings (SSSR count). The van der Waals surface area contributed by atoms with Crippen molar-refractivity contribution in [2.45, 2.75) is 26.4 Å². The highest BCUT2D eigenvalue weighted by molar-refractivity contribution is 5.78. The third-order valence-corrected chi connectivity index (χ3v) is 4.42. The predicted octanol–water partition coefficient (Wildman–Crippen LogP) is 2.12. The quantitative estimate of drug-likeness (QED) is 0.844. The third-order valence-electron chi connectivity index (χ3n) is 4.42. The molecule has 1 aromatic carbocycles. The van der Waals surface area contributed by atoms with E-state index in [1.807, 2.05) is 24.8 Å². The van der Waals surface area contributed by atoms with Gasteiger partial charge in [-0.1, -0.05) is 26.0 Å². The van der Waals surface area contributed by atoms with Crippen LogP contribution in [0.4, 0.5) is 4.39 Å². The van der Waals surface area contributed by atoms with Crippen molar-refractivity contribution in [1.82, 2.24) is 9.80 Å². The number of halogens is 1. The van der Waals surface area contributed by atoms with Crippen molar-refractivity contribution in [3.63, 3.8) is 0 Å². The first-order valence-corrected chi connectivity index (χ1v) is 7.32. The number of hydrogen-bond acceptors (Lipinski definition) is 2.